The molecule has 0 saturated carbocycles. The fourth-order valence-corrected chi connectivity index (χ4v) is 3.65. The molecule has 0 unspecified atom stereocenters. The van der Waals surface area contributed by atoms with Crippen LogP contribution in [0.2, 0.25) is 0 Å². The normalized spacial score (nSPS) is 16.4. The summed E-state index contributed by atoms with van der Waals surface area (Å²) in [4.78, 5) is 17.4. The van der Waals surface area contributed by atoms with Crippen LogP contribution in [0.1, 0.15) is 5.56 Å². The molecule has 1 aliphatic rings. The molecular weight excluding hydrogens is 368 g/mol. The van der Waals surface area contributed by atoms with Crippen LogP contribution in [0.15, 0.2) is 88.8 Å². The lowest BCUT2D eigenvalue weighted by Gasteiger charge is -2.02. The van der Waals surface area contributed by atoms with Crippen molar-refractivity contribution in [1.29, 1.82) is 0 Å². The van der Waals surface area contributed by atoms with Crippen LogP contribution in [0.4, 0.5) is 5.69 Å². The molecule has 0 aromatic heterocycles. The van der Waals surface area contributed by atoms with Crippen molar-refractivity contribution >= 4 is 34.6 Å². The number of ether oxygens (including phenoxy) is 1. The van der Waals surface area contributed by atoms with Crippen molar-refractivity contribution in [2.24, 2.45) is 4.99 Å². The van der Waals surface area contributed by atoms with E-state index in [1.54, 1.807) is 7.11 Å². The zero-order valence-electron chi connectivity index (χ0n) is 15.3. The van der Waals surface area contributed by atoms with Gasteiger partial charge in [-0.3, -0.25) is 4.79 Å². The average molecular weight is 386 g/mol. The second-order valence-electron chi connectivity index (χ2n) is 6.17. The molecule has 1 amide bonds. The summed E-state index contributed by atoms with van der Waals surface area (Å²) in [5, 5.41) is 3.38. The molecule has 0 bridgehead atoms. The van der Waals surface area contributed by atoms with Crippen LogP contribution in [0.5, 0.6) is 5.75 Å². The summed E-state index contributed by atoms with van der Waals surface area (Å²) in [5.74, 6) is 0.635. The first-order chi connectivity index (χ1) is 13.7. The maximum Gasteiger partial charge on any atom is 0.264 e. The molecule has 0 radical (unpaired) electrons. The van der Waals surface area contributed by atoms with Gasteiger partial charge < -0.3 is 10.1 Å². The van der Waals surface area contributed by atoms with E-state index in [0.29, 0.717) is 10.1 Å². The lowest BCUT2D eigenvalue weighted by molar-refractivity contribution is -0.115. The number of aliphatic imine (C=N–C) groups is 1. The van der Waals surface area contributed by atoms with E-state index in [-0.39, 0.29) is 5.91 Å². The van der Waals surface area contributed by atoms with Gasteiger partial charge in [-0.25, -0.2) is 4.99 Å². The van der Waals surface area contributed by atoms with Gasteiger partial charge in [-0.1, -0.05) is 54.6 Å². The molecule has 1 fully saturated rings. The highest BCUT2D eigenvalue weighted by Crippen LogP contribution is 2.29. The minimum atomic E-state index is -0.135. The second kappa shape index (κ2) is 8.15. The summed E-state index contributed by atoms with van der Waals surface area (Å²) < 4.78 is 5.14. The number of methoxy groups -OCH3 is 1. The van der Waals surface area contributed by atoms with Gasteiger partial charge in [0.1, 0.15) is 5.75 Å². The molecule has 5 heteroatoms. The molecule has 1 aliphatic heterocycles. The van der Waals surface area contributed by atoms with E-state index in [1.807, 2.05) is 60.7 Å². The number of hydrogen-bond acceptors (Lipinski definition) is 4. The SMILES string of the molecule is COc1ccc(N=C2NC(=O)/C(=C\c3ccc(-c4ccccc4)cc3)S2)cc1. The van der Waals surface area contributed by atoms with Gasteiger partial charge in [0.05, 0.1) is 17.7 Å². The van der Waals surface area contributed by atoms with Crippen molar-refractivity contribution in [3.05, 3.63) is 89.3 Å². The topological polar surface area (TPSA) is 50.7 Å². The summed E-state index contributed by atoms with van der Waals surface area (Å²) in [6.07, 6.45) is 1.88. The molecule has 28 heavy (non-hydrogen) atoms. The number of thioether (sulfide) groups is 1. The first-order valence-corrected chi connectivity index (χ1v) is 9.62. The van der Waals surface area contributed by atoms with Crippen LogP contribution in [0.25, 0.3) is 17.2 Å². The lowest BCUT2D eigenvalue weighted by Crippen LogP contribution is -2.19. The molecule has 1 heterocycles. The van der Waals surface area contributed by atoms with Crippen LogP contribution in [-0.2, 0) is 4.79 Å². The molecule has 0 atom stereocenters. The van der Waals surface area contributed by atoms with Crippen molar-refractivity contribution in [1.82, 2.24) is 5.32 Å². The Hall–Kier alpha value is -3.31. The third-order valence-electron chi connectivity index (χ3n) is 4.27. The Morgan fingerprint density at radius 2 is 1.57 bits per heavy atom. The molecular formula is C23H18N2O2S. The summed E-state index contributed by atoms with van der Waals surface area (Å²) in [5.41, 5.74) is 4.05. The van der Waals surface area contributed by atoms with E-state index >= 15 is 0 Å². The fraction of sp³-hybridized carbons (Fsp3) is 0.0435. The highest BCUT2D eigenvalue weighted by atomic mass is 32.2. The van der Waals surface area contributed by atoms with Crippen molar-refractivity contribution < 1.29 is 9.53 Å². The highest BCUT2D eigenvalue weighted by Gasteiger charge is 2.23. The quantitative estimate of drug-likeness (QED) is 0.623. The predicted octanol–water partition coefficient (Wildman–Crippen LogP) is 5.25. The summed E-state index contributed by atoms with van der Waals surface area (Å²) in [7, 11) is 1.62. The minimum absolute atomic E-state index is 0.135. The minimum Gasteiger partial charge on any atom is -0.497 e. The smallest absolute Gasteiger partial charge is 0.264 e. The monoisotopic (exact) mass is 386 g/mol. The number of benzene rings is 3. The number of carbonyl (C=O) groups excluding carboxylic acids is 1. The van der Waals surface area contributed by atoms with Gasteiger partial charge in [0.2, 0.25) is 0 Å². The van der Waals surface area contributed by atoms with Gasteiger partial charge in [0.25, 0.3) is 5.91 Å². The number of nitrogens with one attached hydrogen (secondary N) is 1. The van der Waals surface area contributed by atoms with Crippen LogP contribution in [-0.4, -0.2) is 18.2 Å². The third-order valence-corrected chi connectivity index (χ3v) is 5.18. The number of rotatable bonds is 4. The summed E-state index contributed by atoms with van der Waals surface area (Å²) in [6, 6.07) is 25.7. The summed E-state index contributed by atoms with van der Waals surface area (Å²) >= 11 is 1.34. The molecule has 1 saturated heterocycles. The molecule has 138 valence electrons. The molecule has 4 nitrogen and oxygen atoms in total. The number of hydrogen-bond donors (Lipinski definition) is 1. The van der Waals surface area contributed by atoms with Crippen molar-refractivity contribution in [3.63, 3.8) is 0 Å². The molecule has 3 aromatic rings. The fourth-order valence-electron chi connectivity index (χ4n) is 2.81. The zero-order chi connectivity index (χ0) is 19.3. The maximum absolute atomic E-state index is 12.3. The van der Waals surface area contributed by atoms with Crippen molar-refractivity contribution in [3.8, 4) is 16.9 Å². The largest absolute Gasteiger partial charge is 0.497 e. The lowest BCUT2D eigenvalue weighted by atomic mass is 10.0. The number of amides is 1. The van der Waals surface area contributed by atoms with Gasteiger partial charge in [-0.2, -0.15) is 0 Å². The Morgan fingerprint density at radius 1 is 0.893 bits per heavy atom. The Kier molecular flexibility index (Phi) is 5.26. The number of carbonyl (C=O) groups is 1. The van der Waals surface area contributed by atoms with E-state index in [2.05, 4.69) is 34.6 Å². The molecule has 4 rings (SSSR count). The predicted molar refractivity (Wildman–Crippen MR) is 116 cm³/mol. The van der Waals surface area contributed by atoms with Crippen LogP contribution < -0.4 is 10.1 Å². The number of nitrogens with zero attached hydrogens (tertiary/aromatic N) is 1. The molecule has 0 spiro atoms. The molecule has 0 aliphatic carbocycles. The van der Waals surface area contributed by atoms with Crippen LogP contribution in [0, 0.1) is 0 Å². The second-order valence-corrected chi connectivity index (χ2v) is 7.20. The van der Waals surface area contributed by atoms with E-state index < -0.39 is 0 Å². The highest BCUT2D eigenvalue weighted by molar-refractivity contribution is 8.18. The Labute approximate surface area is 168 Å². The van der Waals surface area contributed by atoms with E-state index in [4.69, 9.17) is 4.74 Å². The van der Waals surface area contributed by atoms with Gasteiger partial charge in [0, 0.05) is 0 Å². The van der Waals surface area contributed by atoms with Gasteiger partial charge in [0.15, 0.2) is 5.17 Å². The first kappa shape index (κ1) is 18.1. The Balaban J connectivity index is 1.50. The van der Waals surface area contributed by atoms with Gasteiger partial charge in [-0.15, -0.1) is 0 Å². The van der Waals surface area contributed by atoms with Crippen molar-refractivity contribution in [2.45, 2.75) is 0 Å². The third kappa shape index (κ3) is 4.15. The molecule has 1 N–H and O–H groups in total. The zero-order valence-corrected chi connectivity index (χ0v) is 16.1. The average Bonchev–Trinajstić information content (AvgIpc) is 3.08. The van der Waals surface area contributed by atoms with E-state index in [0.717, 1.165) is 22.6 Å². The van der Waals surface area contributed by atoms with Gasteiger partial charge in [-0.05, 0) is 58.8 Å². The van der Waals surface area contributed by atoms with Gasteiger partial charge >= 0.3 is 0 Å². The van der Waals surface area contributed by atoms with Crippen LogP contribution in [0.3, 0.4) is 0 Å². The van der Waals surface area contributed by atoms with E-state index in [9.17, 15) is 4.79 Å². The number of amidine groups is 1. The molecule has 3 aromatic carbocycles. The van der Waals surface area contributed by atoms with Crippen LogP contribution >= 0.6 is 11.8 Å². The Bertz CT molecular complexity index is 1040. The first-order valence-electron chi connectivity index (χ1n) is 8.80. The summed E-state index contributed by atoms with van der Waals surface area (Å²) in [6.45, 7) is 0. The van der Waals surface area contributed by atoms with E-state index in [1.165, 1.54) is 17.3 Å². The maximum atomic E-state index is 12.3. The standard InChI is InChI=1S/C23H18N2O2S/c1-27-20-13-11-19(12-14-20)24-23-25-22(26)21(28-23)15-16-7-9-18(10-8-16)17-5-3-2-4-6-17/h2-15H,1H3,(H,24,25,26)/b21-15+. The Morgan fingerprint density at radius 3 is 2.25 bits per heavy atom. The van der Waals surface area contributed by atoms with Crippen molar-refractivity contribution in [2.75, 3.05) is 7.11 Å².